The van der Waals surface area contributed by atoms with Crippen LogP contribution in [0.1, 0.15) is 5.76 Å². The van der Waals surface area contributed by atoms with Crippen molar-refractivity contribution in [3.8, 4) is 0 Å². The number of carbonyl (C=O) groups excluding carboxylic acids is 1. The van der Waals surface area contributed by atoms with E-state index in [1.807, 2.05) is 0 Å². The van der Waals surface area contributed by atoms with E-state index in [-0.39, 0.29) is 11.7 Å². The summed E-state index contributed by atoms with van der Waals surface area (Å²) >= 11 is 1.28. The van der Waals surface area contributed by atoms with Crippen molar-refractivity contribution in [2.75, 3.05) is 5.75 Å². The molecule has 0 aliphatic rings. The van der Waals surface area contributed by atoms with E-state index in [0.29, 0.717) is 18.2 Å². The SMILES string of the molecule is C=CCn1nnnc1SCC(=O)NCc1ccco1. The highest BCUT2D eigenvalue weighted by molar-refractivity contribution is 7.99. The predicted octanol–water partition coefficient (Wildman–Crippen LogP) is 0.861. The first-order valence-corrected chi connectivity index (χ1v) is 6.57. The highest BCUT2D eigenvalue weighted by atomic mass is 32.2. The van der Waals surface area contributed by atoms with Crippen LogP contribution < -0.4 is 5.32 Å². The second-order valence-corrected chi connectivity index (χ2v) is 4.52. The maximum atomic E-state index is 11.6. The summed E-state index contributed by atoms with van der Waals surface area (Å²) < 4.78 is 6.70. The fraction of sp³-hybridized carbons (Fsp3) is 0.273. The summed E-state index contributed by atoms with van der Waals surface area (Å²) in [7, 11) is 0. The zero-order chi connectivity index (χ0) is 13.5. The first-order chi connectivity index (χ1) is 9.29. The smallest absolute Gasteiger partial charge is 0.230 e. The molecule has 2 heterocycles. The molecule has 0 radical (unpaired) electrons. The summed E-state index contributed by atoms with van der Waals surface area (Å²) in [5.41, 5.74) is 0. The van der Waals surface area contributed by atoms with E-state index in [0.717, 1.165) is 5.76 Å². The Labute approximate surface area is 114 Å². The van der Waals surface area contributed by atoms with Crippen LogP contribution in [0.3, 0.4) is 0 Å². The minimum absolute atomic E-state index is 0.102. The normalized spacial score (nSPS) is 10.3. The van der Waals surface area contributed by atoms with Crippen molar-refractivity contribution in [2.24, 2.45) is 0 Å². The van der Waals surface area contributed by atoms with Gasteiger partial charge in [0.1, 0.15) is 5.76 Å². The van der Waals surface area contributed by atoms with Crippen molar-refractivity contribution < 1.29 is 9.21 Å². The van der Waals surface area contributed by atoms with Crippen molar-refractivity contribution in [3.63, 3.8) is 0 Å². The Morgan fingerprint density at radius 1 is 1.63 bits per heavy atom. The Kier molecular flexibility index (Phi) is 4.73. The molecular weight excluding hydrogens is 266 g/mol. The first-order valence-electron chi connectivity index (χ1n) is 5.58. The molecule has 0 saturated carbocycles. The molecular formula is C11H13N5O2S. The zero-order valence-corrected chi connectivity index (χ0v) is 11.0. The van der Waals surface area contributed by atoms with Crippen LogP contribution >= 0.6 is 11.8 Å². The van der Waals surface area contributed by atoms with Crippen molar-refractivity contribution in [2.45, 2.75) is 18.2 Å². The minimum atomic E-state index is -0.102. The summed E-state index contributed by atoms with van der Waals surface area (Å²) in [6, 6.07) is 3.58. The van der Waals surface area contributed by atoms with Gasteiger partial charge < -0.3 is 9.73 Å². The van der Waals surface area contributed by atoms with E-state index in [4.69, 9.17) is 4.42 Å². The van der Waals surface area contributed by atoms with Crippen LogP contribution in [0, 0.1) is 0 Å². The third-order valence-corrected chi connectivity index (χ3v) is 3.13. The molecule has 1 N–H and O–H groups in total. The number of furan rings is 1. The molecule has 0 atom stereocenters. The van der Waals surface area contributed by atoms with E-state index in [1.165, 1.54) is 11.8 Å². The molecule has 1 amide bonds. The maximum Gasteiger partial charge on any atom is 0.230 e. The Hall–Kier alpha value is -2.09. The van der Waals surface area contributed by atoms with E-state index >= 15 is 0 Å². The lowest BCUT2D eigenvalue weighted by atomic mass is 10.4. The Morgan fingerprint density at radius 3 is 3.26 bits per heavy atom. The lowest BCUT2D eigenvalue weighted by molar-refractivity contribution is -0.118. The van der Waals surface area contributed by atoms with E-state index in [1.54, 1.807) is 29.2 Å². The Morgan fingerprint density at radius 2 is 2.53 bits per heavy atom. The molecule has 7 nitrogen and oxygen atoms in total. The molecule has 19 heavy (non-hydrogen) atoms. The van der Waals surface area contributed by atoms with Gasteiger partial charge in [0, 0.05) is 0 Å². The molecule has 0 aliphatic heterocycles. The lowest BCUT2D eigenvalue weighted by Gasteiger charge is -2.03. The molecule has 2 rings (SSSR count). The first kappa shape index (κ1) is 13.3. The highest BCUT2D eigenvalue weighted by Crippen LogP contribution is 2.12. The lowest BCUT2D eigenvalue weighted by Crippen LogP contribution is -2.24. The van der Waals surface area contributed by atoms with Gasteiger partial charge in [0.05, 0.1) is 25.1 Å². The topological polar surface area (TPSA) is 85.8 Å². The summed E-state index contributed by atoms with van der Waals surface area (Å²) in [4.78, 5) is 11.6. The molecule has 0 fully saturated rings. The summed E-state index contributed by atoms with van der Waals surface area (Å²) in [6.07, 6.45) is 3.26. The van der Waals surface area contributed by atoms with Gasteiger partial charge in [-0.25, -0.2) is 4.68 Å². The maximum absolute atomic E-state index is 11.6. The van der Waals surface area contributed by atoms with Crippen LogP contribution in [-0.2, 0) is 17.9 Å². The van der Waals surface area contributed by atoms with Crippen LogP contribution in [-0.4, -0.2) is 31.9 Å². The summed E-state index contributed by atoms with van der Waals surface area (Å²) in [5.74, 6) is 0.863. The van der Waals surface area contributed by atoms with Crippen LogP contribution in [0.25, 0.3) is 0 Å². The zero-order valence-electron chi connectivity index (χ0n) is 10.2. The number of thioether (sulfide) groups is 1. The quantitative estimate of drug-likeness (QED) is 0.597. The average molecular weight is 279 g/mol. The number of nitrogens with one attached hydrogen (secondary N) is 1. The molecule has 2 aromatic rings. The number of aromatic nitrogens is 4. The van der Waals surface area contributed by atoms with Crippen molar-refractivity contribution >= 4 is 17.7 Å². The monoisotopic (exact) mass is 279 g/mol. The van der Waals surface area contributed by atoms with Crippen LogP contribution in [0.4, 0.5) is 0 Å². The van der Waals surface area contributed by atoms with Gasteiger partial charge in [-0.2, -0.15) is 0 Å². The van der Waals surface area contributed by atoms with Gasteiger partial charge in [-0.3, -0.25) is 4.79 Å². The number of allylic oxidation sites excluding steroid dienone is 1. The number of hydrogen-bond donors (Lipinski definition) is 1. The van der Waals surface area contributed by atoms with Gasteiger partial charge in [0.2, 0.25) is 11.1 Å². The molecule has 100 valence electrons. The third kappa shape index (κ3) is 3.95. The van der Waals surface area contributed by atoms with Gasteiger partial charge in [-0.15, -0.1) is 11.7 Å². The molecule has 0 aromatic carbocycles. The van der Waals surface area contributed by atoms with Gasteiger partial charge >= 0.3 is 0 Å². The largest absolute Gasteiger partial charge is 0.467 e. The molecule has 0 saturated heterocycles. The molecule has 0 bridgehead atoms. The number of amides is 1. The van der Waals surface area contributed by atoms with Crippen molar-refractivity contribution in [3.05, 3.63) is 36.8 Å². The van der Waals surface area contributed by atoms with E-state index < -0.39 is 0 Å². The van der Waals surface area contributed by atoms with Gasteiger partial charge in [-0.1, -0.05) is 17.8 Å². The molecule has 0 spiro atoms. The van der Waals surface area contributed by atoms with E-state index in [2.05, 4.69) is 27.4 Å². The van der Waals surface area contributed by atoms with Crippen LogP contribution in [0.5, 0.6) is 0 Å². The Balaban J connectivity index is 1.76. The molecule has 2 aromatic heterocycles. The predicted molar refractivity (Wildman–Crippen MR) is 69.3 cm³/mol. The third-order valence-electron chi connectivity index (χ3n) is 2.17. The van der Waals surface area contributed by atoms with Crippen LogP contribution in [0.2, 0.25) is 0 Å². The van der Waals surface area contributed by atoms with E-state index in [9.17, 15) is 4.79 Å². The fourth-order valence-electron chi connectivity index (χ4n) is 1.32. The van der Waals surface area contributed by atoms with Crippen molar-refractivity contribution in [1.82, 2.24) is 25.5 Å². The standard InChI is InChI=1S/C11H13N5O2S/c1-2-5-16-11(13-14-15-16)19-8-10(17)12-7-9-4-3-6-18-9/h2-4,6H,1,5,7-8H2,(H,12,17). The second-order valence-electron chi connectivity index (χ2n) is 3.58. The Bertz CT molecular complexity index is 537. The average Bonchev–Trinajstić information content (AvgIpc) is 3.06. The fourth-order valence-corrected chi connectivity index (χ4v) is 2.03. The molecule has 0 unspecified atom stereocenters. The van der Waals surface area contributed by atoms with Gasteiger partial charge in [-0.05, 0) is 22.6 Å². The number of nitrogens with zero attached hydrogens (tertiary/aromatic N) is 4. The minimum Gasteiger partial charge on any atom is -0.467 e. The van der Waals surface area contributed by atoms with Gasteiger partial charge in [0.15, 0.2) is 0 Å². The molecule has 0 aliphatic carbocycles. The second kappa shape index (κ2) is 6.74. The number of hydrogen-bond acceptors (Lipinski definition) is 6. The summed E-state index contributed by atoms with van der Waals surface area (Å²) in [6.45, 7) is 4.51. The number of rotatable bonds is 7. The van der Waals surface area contributed by atoms with Gasteiger partial charge in [0.25, 0.3) is 0 Å². The number of carbonyl (C=O) groups is 1. The molecule has 8 heteroatoms. The summed E-state index contributed by atoms with van der Waals surface area (Å²) in [5, 5.41) is 14.5. The highest BCUT2D eigenvalue weighted by Gasteiger charge is 2.09. The van der Waals surface area contributed by atoms with Crippen LogP contribution in [0.15, 0.2) is 40.6 Å². The number of tetrazole rings is 1. The van der Waals surface area contributed by atoms with Crippen molar-refractivity contribution in [1.29, 1.82) is 0 Å².